The van der Waals surface area contributed by atoms with Crippen molar-refractivity contribution in [3.05, 3.63) is 32.9 Å². The number of benzene rings is 1. The summed E-state index contributed by atoms with van der Waals surface area (Å²) in [5.41, 5.74) is -1.49. The van der Waals surface area contributed by atoms with Crippen molar-refractivity contribution in [2.75, 3.05) is 6.61 Å². The highest BCUT2D eigenvalue weighted by Crippen LogP contribution is 2.52. The molecule has 3 rings (SSSR count). The number of rotatable bonds is 4. The molecular formula is C14H14F3IN2O2. The van der Waals surface area contributed by atoms with Crippen LogP contribution in [-0.4, -0.2) is 19.1 Å². The molecule has 0 saturated carbocycles. The summed E-state index contributed by atoms with van der Waals surface area (Å²) in [7, 11) is 0. The van der Waals surface area contributed by atoms with Gasteiger partial charge >= 0.3 is 11.8 Å². The maximum atomic E-state index is 13.0. The van der Waals surface area contributed by atoms with E-state index < -0.39 is 11.8 Å². The van der Waals surface area contributed by atoms with Crippen LogP contribution in [0.1, 0.15) is 30.4 Å². The van der Waals surface area contributed by atoms with E-state index in [1.165, 1.54) is 12.1 Å². The third kappa shape index (κ3) is 3.13. The zero-order valence-electron chi connectivity index (χ0n) is 11.6. The Balaban J connectivity index is 1.68. The monoisotopic (exact) mass is 426 g/mol. The second kappa shape index (κ2) is 6.04. The summed E-state index contributed by atoms with van der Waals surface area (Å²) < 4.78 is 50.8. The molecule has 1 saturated heterocycles. The van der Waals surface area contributed by atoms with E-state index in [0.717, 1.165) is 24.8 Å². The molecule has 8 heteroatoms. The summed E-state index contributed by atoms with van der Waals surface area (Å²) in [5, 5.41) is 6.42. The van der Waals surface area contributed by atoms with E-state index in [0.29, 0.717) is 16.8 Å². The van der Waals surface area contributed by atoms with Crippen molar-refractivity contribution in [2.24, 2.45) is 10.2 Å². The Morgan fingerprint density at radius 2 is 2.09 bits per heavy atom. The third-order valence-electron chi connectivity index (χ3n) is 3.71. The summed E-state index contributed by atoms with van der Waals surface area (Å²) in [6.45, 7) is 1.01. The Hall–Kier alpha value is -0.740. The predicted octanol–water partition coefficient (Wildman–Crippen LogP) is 4.52. The van der Waals surface area contributed by atoms with E-state index in [1.54, 1.807) is 6.07 Å². The second-order valence-electron chi connectivity index (χ2n) is 5.28. The average molecular weight is 426 g/mol. The Kier molecular flexibility index (Phi) is 4.43. The van der Waals surface area contributed by atoms with Crippen LogP contribution in [0.25, 0.3) is 0 Å². The van der Waals surface area contributed by atoms with E-state index >= 15 is 0 Å². The van der Waals surface area contributed by atoms with Gasteiger partial charge < -0.3 is 9.47 Å². The van der Waals surface area contributed by atoms with E-state index in [1.807, 2.05) is 22.6 Å². The highest BCUT2D eigenvalue weighted by Gasteiger charge is 2.65. The van der Waals surface area contributed by atoms with Crippen molar-refractivity contribution in [2.45, 2.75) is 44.0 Å². The molecule has 1 unspecified atom stereocenters. The summed E-state index contributed by atoms with van der Waals surface area (Å²) in [5.74, 6) is 0. The molecule has 0 radical (unpaired) electrons. The van der Waals surface area contributed by atoms with Crippen LogP contribution >= 0.6 is 22.6 Å². The van der Waals surface area contributed by atoms with Crippen LogP contribution in [0.5, 0.6) is 0 Å². The van der Waals surface area contributed by atoms with Crippen molar-refractivity contribution in [3.8, 4) is 0 Å². The van der Waals surface area contributed by atoms with Crippen LogP contribution < -0.4 is 0 Å². The topological polar surface area (TPSA) is 43.2 Å². The van der Waals surface area contributed by atoms with Gasteiger partial charge in [0.05, 0.1) is 6.61 Å². The standard InChI is InChI=1S/C14H14F3IN2O2/c15-14(16,17)13(19-20-13)10-5-4-9(11(18)7-10)8-22-12-3-1-2-6-21-12/h4-5,7,12H,1-3,6,8H2. The van der Waals surface area contributed by atoms with E-state index in [4.69, 9.17) is 9.47 Å². The molecule has 120 valence electrons. The van der Waals surface area contributed by atoms with E-state index in [2.05, 4.69) is 10.2 Å². The van der Waals surface area contributed by atoms with Crippen LogP contribution in [0.3, 0.4) is 0 Å². The maximum Gasteiger partial charge on any atom is 0.442 e. The van der Waals surface area contributed by atoms with Gasteiger partial charge in [-0.1, -0.05) is 12.1 Å². The van der Waals surface area contributed by atoms with Gasteiger partial charge in [-0.3, -0.25) is 0 Å². The molecule has 4 nitrogen and oxygen atoms in total. The number of hydrogen-bond acceptors (Lipinski definition) is 4. The summed E-state index contributed by atoms with van der Waals surface area (Å²) in [6, 6.07) is 4.52. The predicted molar refractivity (Wildman–Crippen MR) is 80.1 cm³/mol. The van der Waals surface area contributed by atoms with E-state index in [9.17, 15) is 13.2 Å². The lowest BCUT2D eigenvalue weighted by Gasteiger charge is -2.23. The first-order chi connectivity index (χ1) is 10.4. The Labute approximate surface area is 139 Å². The Bertz CT molecular complexity index is 580. The van der Waals surface area contributed by atoms with Gasteiger partial charge in [-0.05, 0) is 53.5 Å². The van der Waals surface area contributed by atoms with Gasteiger partial charge in [-0.2, -0.15) is 13.2 Å². The minimum Gasteiger partial charge on any atom is -0.353 e. The number of hydrogen-bond donors (Lipinski definition) is 0. The molecule has 0 aliphatic carbocycles. The molecule has 22 heavy (non-hydrogen) atoms. The van der Waals surface area contributed by atoms with Crippen molar-refractivity contribution < 1.29 is 22.6 Å². The van der Waals surface area contributed by atoms with Crippen molar-refractivity contribution in [1.82, 2.24) is 0 Å². The fourth-order valence-electron chi connectivity index (χ4n) is 2.35. The largest absolute Gasteiger partial charge is 0.442 e. The Morgan fingerprint density at radius 1 is 1.32 bits per heavy atom. The highest BCUT2D eigenvalue weighted by atomic mass is 127. The Morgan fingerprint density at radius 3 is 2.64 bits per heavy atom. The van der Waals surface area contributed by atoms with Crippen molar-refractivity contribution in [3.63, 3.8) is 0 Å². The molecular weight excluding hydrogens is 412 g/mol. The SMILES string of the molecule is FC(F)(F)C1(c2ccc(COC3CCCCO3)c(I)c2)N=N1. The van der Waals surface area contributed by atoms with Crippen LogP contribution in [0, 0.1) is 3.57 Å². The molecule has 0 aromatic heterocycles. The molecule has 0 amide bonds. The lowest BCUT2D eigenvalue weighted by molar-refractivity contribution is -0.169. The lowest BCUT2D eigenvalue weighted by Crippen LogP contribution is -2.30. The first kappa shape index (κ1) is 16.1. The highest BCUT2D eigenvalue weighted by molar-refractivity contribution is 14.1. The summed E-state index contributed by atoms with van der Waals surface area (Å²) in [4.78, 5) is 0. The van der Waals surface area contributed by atoms with Gasteiger partial charge in [0.15, 0.2) is 6.29 Å². The lowest BCUT2D eigenvalue weighted by atomic mass is 10.0. The molecule has 1 atom stereocenters. The smallest absolute Gasteiger partial charge is 0.353 e. The first-order valence-corrected chi connectivity index (χ1v) is 8.03. The number of nitrogens with zero attached hydrogens (tertiary/aromatic N) is 2. The second-order valence-corrected chi connectivity index (χ2v) is 6.45. The average Bonchev–Trinajstić information content (AvgIpc) is 3.28. The molecule has 1 aromatic carbocycles. The first-order valence-electron chi connectivity index (χ1n) is 6.95. The molecule has 2 heterocycles. The quantitative estimate of drug-likeness (QED) is 0.665. The zero-order chi connectivity index (χ0) is 15.8. The molecule has 0 bridgehead atoms. The molecule has 2 aliphatic heterocycles. The maximum absolute atomic E-state index is 13.0. The zero-order valence-corrected chi connectivity index (χ0v) is 13.7. The van der Waals surface area contributed by atoms with Gasteiger partial charge in [-0.15, -0.1) is 10.2 Å². The van der Waals surface area contributed by atoms with Gasteiger partial charge in [0, 0.05) is 15.7 Å². The number of ether oxygens (including phenoxy) is 2. The van der Waals surface area contributed by atoms with Crippen LogP contribution in [0.2, 0.25) is 0 Å². The molecule has 1 fully saturated rings. The van der Waals surface area contributed by atoms with Crippen molar-refractivity contribution in [1.29, 1.82) is 0 Å². The van der Waals surface area contributed by atoms with Gasteiger partial charge in [0.1, 0.15) is 0 Å². The van der Waals surface area contributed by atoms with E-state index in [-0.39, 0.29) is 11.9 Å². The molecule has 0 N–H and O–H groups in total. The van der Waals surface area contributed by atoms with Crippen LogP contribution in [-0.2, 0) is 21.7 Å². The normalized spacial score (nSPS) is 23.5. The van der Waals surface area contributed by atoms with Crippen LogP contribution in [0.4, 0.5) is 13.2 Å². The fourth-order valence-corrected chi connectivity index (χ4v) is 3.02. The van der Waals surface area contributed by atoms with Crippen molar-refractivity contribution >= 4 is 22.6 Å². The summed E-state index contributed by atoms with van der Waals surface area (Å²) in [6.07, 6.45) is -1.76. The number of halogens is 4. The van der Waals surface area contributed by atoms with Gasteiger partial charge in [-0.25, -0.2) is 0 Å². The molecule has 0 spiro atoms. The number of alkyl halides is 3. The minimum atomic E-state index is -4.50. The third-order valence-corrected chi connectivity index (χ3v) is 4.72. The molecule has 1 aromatic rings. The summed E-state index contributed by atoms with van der Waals surface area (Å²) >= 11 is 2.00. The van der Waals surface area contributed by atoms with Gasteiger partial charge in [0.25, 0.3) is 0 Å². The van der Waals surface area contributed by atoms with Crippen LogP contribution in [0.15, 0.2) is 28.4 Å². The minimum absolute atomic E-state index is 0.0436. The molecule has 2 aliphatic rings. The van der Waals surface area contributed by atoms with Gasteiger partial charge in [0.2, 0.25) is 0 Å². The fraction of sp³-hybridized carbons (Fsp3) is 0.571.